The Hall–Kier alpha value is -3.44. The molecule has 0 aliphatic rings. The molecule has 4 aromatic rings. The van der Waals surface area contributed by atoms with Crippen LogP contribution in [0.2, 0.25) is 0 Å². The van der Waals surface area contributed by atoms with Crippen molar-refractivity contribution >= 4 is 22.6 Å². The van der Waals surface area contributed by atoms with Crippen LogP contribution in [-0.4, -0.2) is 29.0 Å². The molecule has 0 bridgehead atoms. The lowest BCUT2D eigenvalue weighted by atomic mass is 9.99. The molecule has 2 aromatic heterocycles. The first-order valence-electron chi connectivity index (χ1n) is 12.1. The van der Waals surface area contributed by atoms with Gasteiger partial charge in [0, 0.05) is 29.7 Å². The van der Waals surface area contributed by atoms with Crippen molar-refractivity contribution in [3.63, 3.8) is 0 Å². The number of aryl methyl sites for hydroxylation is 3. The van der Waals surface area contributed by atoms with Crippen molar-refractivity contribution in [1.29, 1.82) is 0 Å². The number of fused-ring (bicyclic) bond motifs is 1. The number of H-pyrrole nitrogens is 1. The van der Waals surface area contributed by atoms with Crippen LogP contribution >= 0.6 is 0 Å². The van der Waals surface area contributed by atoms with Crippen LogP contribution in [0.5, 0.6) is 0 Å². The molecule has 0 saturated carbocycles. The summed E-state index contributed by atoms with van der Waals surface area (Å²) < 4.78 is 0. The number of pyridine rings is 1. The lowest BCUT2D eigenvalue weighted by molar-refractivity contribution is -0.114. The SMILES string of the molecule is CC(=O)Nc1ccc(CCCCNCCc2c(-c3cc(C)cc(C)c3)[nH]c3ccccc23)cn1. The first-order valence-corrected chi connectivity index (χ1v) is 12.1. The monoisotopic (exact) mass is 454 g/mol. The van der Waals surface area contributed by atoms with E-state index in [1.165, 1.54) is 51.3 Å². The molecular weight excluding hydrogens is 420 g/mol. The molecular formula is C29H34N4O. The van der Waals surface area contributed by atoms with Crippen molar-refractivity contribution in [3.8, 4) is 11.3 Å². The molecule has 0 aliphatic heterocycles. The second-order valence-electron chi connectivity index (χ2n) is 9.09. The van der Waals surface area contributed by atoms with Crippen LogP contribution in [0.1, 0.15) is 42.0 Å². The number of nitrogens with one attached hydrogen (secondary N) is 3. The number of rotatable bonds is 10. The Morgan fingerprint density at radius 3 is 2.47 bits per heavy atom. The summed E-state index contributed by atoms with van der Waals surface area (Å²) in [7, 11) is 0. The summed E-state index contributed by atoms with van der Waals surface area (Å²) in [6.07, 6.45) is 6.06. The number of aromatic nitrogens is 2. The van der Waals surface area contributed by atoms with Gasteiger partial charge in [0.15, 0.2) is 0 Å². The molecule has 34 heavy (non-hydrogen) atoms. The molecule has 5 heteroatoms. The van der Waals surface area contributed by atoms with Gasteiger partial charge in [-0.3, -0.25) is 4.79 Å². The number of anilines is 1. The predicted molar refractivity (Wildman–Crippen MR) is 141 cm³/mol. The van der Waals surface area contributed by atoms with E-state index >= 15 is 0 Å². The van der Waals surface area contributed by atoms with Crippen LogP contribution in [0.4, 0.5) is 5.82 Å². The molecule has 4 rings (SSSR count). The van der Waals surface area contributed by atoms with Crippen LogP contribution in [0, 0.1) is 13.8 Å². The molecule has 176 valence electrons. The van der Waals surface area contributed by atoms with Gasteiger partial charge in [0.1, 0.15) is 5.82 Å². The number of hydrogen-bond donors (Lipinski definition) is 3. The molecule has 0 fully saturated rings. The molecule has 5 nitrogen and oxygen atoms in total. The number of hydrogen-bond acceptors (Lipinski definition) is 3. The molecule has 0 aliphatic carbocycles. The molecule has 0 saturated heterocycles. The Bertz CT molecular complexity index is 1240. The zero-order chi connectivity index (χ0) is 23.9. The molecule has 0 spiro atoms. The summed E-state index contributed by atoms with van der Waals surface area (Å²) in [5, 5.41) is 7.65. The highest BCUT2D eigenvalue weighted by Gasteiger charge is 2.13. The Balaban J connectivity index is 1.30. The number of aromatic amines is 1. The Labute approximate surface area is 202 Å². The van der Waals surface area contributed by atoms with Gasteiger partial charge < -0.3 is 15.6 Å². The second-order valence-corrected chi connectivity index (χ2v) is 9.09. The van der Waals surface area contributed by atoms with Gasteiger partial charge in [-0.2, -0.15) is 0 Å². The summed E-state index contributed by atoms with van der Waals surface area (Å²) in [6.45, 7) is 7.76. The van der Waals surface area contributed by atoms with Gasteiger partial charge in [0.25, 0.3) is 0 Å². The van der Waals surface area contributed by atoms with Crippen LogP contribution in [0.3, 0.4) is 0 Å². The van der Waals surface area contributed by atoms with E-state index in [1.807, 2.05) is 18.3 Å². The first-order chi connectivity index (χ1) is 16.5. The second kappa shape index (κ2) is 11.1. The summed E-state index contributed by atoms with van der Waals surface area (Å²) in [5.74, 6) is 0.510. The minimum absolute atomic E-state index is 0.0972. The zero-order valence-electron chi connectivity index (χ0n) is 20.4. The predicted octanol–water partition coefficient (Wildman–Crippen LogP) is 5.96. The van der Waals surface area contributed by atoms with Gasteiger partial charge in [-0.15, -0.1) is 0 Å². The fraction of sp³-hybridized carbons (Fsp3) is 0.310. The third-order valence-electron chi connectivity index (χ3n) is 6.07. The molecule has 1 amide bonds. The lowest BCUT2D eigenvalue weighted by Gasteiger charge is -2.09. The fourth-order valence-electron chi connectivity index (χ4n) is 4.57. The van der Waals surface area contributed by atoms with Crippen molar-refractivity contribution in [1.82, 2.24) is 15.3 Å². The van der Waals surface area contributed by atoms with E-state index in [-0.39, 0.29) is 5.91 Å². The van der Waals surface area contributed by atoms with Crippen molar-refractivity contribution in [2.24, 2.45) is 0 Å². The summed E-state index contributed by atoms with van der Waals surface area (Å²) in [5.41, 5.74) is 8.87. The number of carbonyl (C=O) groups excluding carboxylic acids is 1. The van der Waals surface area contributed by atoms with Crippen LogP contribution in [0.15, 0.2) is 60.8 Å². The number of nitrogens with zero attached hydrogens (tertiary/aromatic N) is 1. The molecule has 0 unspecified atom stereocenters. The number of carbonyl (C=O) groups is 1. The van der Waals surface area contributed by atoms with E-state index in [2.05, 4.69) is 76.9 Å². The van der Waals surface area contributed by atoms with E-state index in [9.17, 15) is 4.79 Å². The third-order valence-corrected chi connectivity index (χ3v) is 6.07. The smallest absolute Gasteiger partial charge is 0.222 e. The van der Waals surface area contributed by atoms with Crippen molar-refractivity contribution in [2.75, 3.05) is 18.4 Å². The van der Waals surface area contributed by atoms with E-state index < -0.39 is 0 Å². The molecule has 2 heterocycles. The lowest BCUT2D eigenvalue weighted by Crippen LogP contribution is -2.18. The van der Waals surface area contributed by atoms with Gasteiger partial charge in [-0.05, 0) is 93.6 Å². The maximum Gasteiger partial charge on any atom is 0.222 e. The average molecular weight is 455 g/mol. The normalized spacial score (nSPS) is 11.1. The minimum atomic E-state index is -0.0972. The van der Waals surface area contributed by atoms with Crippen LogP contribution in [-0.2, 0) is 17.6 Å². The Kier molecular flexibility index (Phi) is 7.76. The number of para-hydroxylation sites is 1. The highest BCUT2D eigenvalue weighted by molar-refractivity contribution is 5.91. The number of benzene rings is 2. The fourth-order valence-corrected chi connectivity index (χ4v) is 4.57. The van der Waals surface area contributed by atoms with E-state index in [4.69, 9.17) is 0 Å². The highest BCUT2D eigenvalue weighted by atomic mass is 16.1. The third kappa shape index (κ3) is 6.12. The van der Waals surface area contributed by atoms with Gasteiger partial charge in [0.05, 0.1) is 0 Å². The van der Waals surface area contributed by atoms with E-state index in [1.54, 1.807) is 0 Å². The van der Waals surface area contributed by atoms with Gasteiger partial charge >= 0.3 is 0 Å². The summed E-state index contributed by atoms with van der Waals surface area (Å²) >= 11 is 0. The Morgan fingerprint density at radius 1 is 0.941 bits per heavy atom. The van der Waals surface area contributed by atoms with Crippen molar-refractivity contribution < 1.29 is 4.79 Å². The van der Waals surface area contributed by atoms with E-state index in [0.717, 1.165) is 38.8 Å². The Morgan fingerprint density at radius 2 is 1.74 bits per heavy atom. The van der Waals surface area contributed by atoms with Crippen LogP contribution in [0.25, 0.3) is 22.2 Å². The van der Waals surface area contributed by atoms with Crippen molar-refractivity contribution in [2.45, 2.75) is 46.5 Å². The highest BCUT2D eigenvalue weighted by Crippen LogP contribution is 2.31. The molecule has 0 radical (unpaired) electrons. The molecule has 0 atom stereocenters. The topological polar surface area (TPSA) is 69.8 Å². The largest absolute Gasteiger partial charge is 0.354 e. The van der Waals surface area contributed by atoms with Crippen LogP contribution < -0.4 is 10.6 Å². The minimum Gasteiger partial charge on any atom is -0.354 e. The standard InChI is InChI=1S/C29H34N4O/c1-20-16-21(2)18-24(17-20)29-26(25-9-4-5-10-27(25)33-29)13-15-30-14-7-6-8-23-11-12-28(31-19-23)32-22(3)34/h4-5,9-12,16-19,30,33H,6-8,13-15H2,1-3H3,(H,31,32,34). The maximum absolute atomic E-state index is 11.1. The summed E-state index contributed by atoms with van der Waals surface area (Å²) in [6, 6.07) is 19.3. The van der Waals surface area contributed by atoms with Crippen molar-refractivity contribution in [3.05, 3.63) is 83.0 Å². The summed E-state index contributed by atoms with van der Waals surface area (Å²) in [4.78, 5) is 19.1. The average Bonchev–Trinajstić information content (AvgIpc) is 3.17. The zero-order valence-corrected chi connectivity index (χ0v) is 20.4. The van der Waals surface area contributed by atoms with Gasteiger partial charge in [-0.25, -0.2) is 4.98 Å². The number of amides is 1. The first kappa shape index (κ1) is 23.7. The van der Waals surface area contributed by atoms with Gasteiger partial charge in [-0.1, -0.05) is 41.5 Å². The quantitative estimate of drug-likeness (QED) is 0.259. The van der Waals surface area contributed by atoms with E-state index in [0.29, 0.717) is 5.82 Å². The molecule has 3 N–H and O–H groups in total. The van der Waals surface area contributed by atoms with Gasteiger partial charge in [0.2, 0.25) is 5.91 Å². The number of unbranched alkanes of at least 4 members (excludes halogenated alkanes) is 1. The molecule has 2 aromatic carbocycles. The maximum atomic E-state index is 11.1.